The highest BCUT2D eigenvalue weighted by atomic mass is 127. The van der Waals surface area contributed by atoms with Crippen molar-refractivity contribution in [1.29, 1.82) is 0 Å². The van der Waals surface area contributed by atoms with Gasteiger partial charge < -0.3 is 20.1 Å². The summed E-state index contributed by atoms with van der Waals surface area (Å²) in [7, 11) is 5.24. The van der Waals surface area contributed by atoms with Gasteiger partial charge in [0.1, 0.15) is 5.75 Å². The molecule has 25 heavy (non-hydrogen) atoms. The molecule has 1 aliphatic rings. The van der Waals surface area contributed by atoms with Crippen molar-refractivity contribution in [2.45, 2.75) is 25.4 Å². The molecule has 7 heteroatoms. The zero-order valence-electron chi connectivity index (χ0n) is 15.5. The van der Waals surface area contributed by atoms with Gasteiger partial charge in [0.05, 0.1) is 13.7 Å². The summed E-state index contributed by atoms with van der Waals surface area (Å²) < 4.78 is 10.4. The lowest BCUT2D eigenvalue weighted by atomic mass is 10.2. The average Bonchev–Trinajstić information content (AvgIpc) is 3.45. The van der Waals surface area contributed by atoms with Gasteiger partial charge in [0.25, 0.3) is 0 Å². The SMILES string of the molecule is CN=C(NCCN(CCOC)C1CC1)NCc1cccc(OC)c1.I. The van der Waals surface area contributed by atoms with Gasteiger partial charge in [-0.15, -0.1) is 24.0 Å². The van der Waals surface area contributed by atoms with Crippen LogP contribution in [0.4, 0.5) is 0 Å². The van der Waals surface area contributed by atoms with Gasteiger partial charge >= 0.3 is 0 Å². The predicted molar refractivity (Wildman–Crippen MR) is 113 cm³/mol. The van der Waals surface area contributed by atoms with Crippen LogP contribution in [0.3, 0.4) is 0 Å². The fourth-order valence-electron chi connectivity index (χ4n) is 2.63. The van der Waals surface area contributed by atoms with Gasteiger partial charge in [-0.3, -0.25) is 9.89 Å². The molecule has 0 atom stereocenters. The van der Waals surface area contributed by atoms with E-state index in [1.54, 1.807) is 21.3 Å². The molecule has 0 unspecified atom stereocenters. The molecule has 142 valence electrons. The van der Waals surface area contributed by atoms with Crippen molar-refractivity contribution >= 4 is 29.9 Å². The van der Waals surface area contributed by atoms with Gasteiger partial charge in [-0.25, -0.2) is 0 Å². The summed E-state index contributed by atoms with van der Waals surface area (Å²) in [4.78, 5) is 6.78. The molecule has 2 N–H and O–H groups in total. The Labute approximate surface area is 168 Å². The van der Waals surface area contributed by atoms with E-state index in [0.29, 0.717) is 6.54 Å². The molecule has 1 saturated carbocycles. The van der Waals surface area contributed by atoms with E-state index < -0.39 is 0 Å². The van der Waals surface area contributed by atoms with E-state index in [-0.39, 0.29) is 24.0 Å². The third-order valence-corrected chi connectivity index (χ3v) is 4.16. The Bertz CT molecular complexity index is 524. The molecule has 6 nitrogen and oxygen atoms in total. The molecule has 0 saturated heterocycles. The first-order valence-corrected chi connectivity index (χ1v) is 8.57. The molecule has 0 heterocycles. The Morgan fingerprint density at radius 1 is 1.24 bits per heavy atom. The van der Waals surface area contributed by atoms with Crippen LogP contribution in [0.2, 0.25) is 0 Å². The highest BCUT2D eigenvalue weighted by molar-refractivity contribution is 14.0. The highest BCUT2D eigenvalue weighted by Crippen LogP contribution is 2.25. The zero-order chi connectivity index (χ0) is 17.2. The number of rotatable bonds is 10. The molecule has 1 aromatic carbocycles. The van der Waals surface area contributed by atoms with Crippen LogP contribution in [0, 0.1) is 0 Å². The fraction of sp³-hybridized carbons (Fsp3) is 0.611. The standard InChI is InChI=1S/C18H30N4O2.HI/c1-19-18(21-14-15-5-4-6-17(13-15)24-3)20-9-10-22(11-12-23-2)16-7-8-16;/h4-6,13,16H,7-12,14H2,1-3H3,(H2,19,20,21);1H. The first kappa shape index (κ1) is 22.0. The van der Waals surface area contributed by atoms with Crippen molar-refractivity contribution in [1.82, 2.24) is 15.5 Å². The average molecular weight is 462 g/mol. The molecule has 1 fully saturated rings. The van der Waals surface area contributed by atoms with Crippen molar-refractivity contribution in [3.63, 3.8) is 0 Å². The number of halogens is 1. The third kappa shape index (κ3) is 8.24. The number of methoxy groups -OCH3 is 2. The maximum absolute atomic E-state index is 5.25. The van der Waals surface area contributed by atoms with Crippen LogP contribution < -0.4 is 15.4 Å². The van der Waals surface area contributed by atoms with Crippen molar-refractivity contribution in [3.8, 4) is 5.75 Å². The van der Waals surface area contributed by atoms with Crippen LogP contribution in [0.15, 0.2) is 29.3 Å². The minimum absolute atomic E-state index is 0. The van der Waals surface area contributed by atoms with Crippen molar-refractivity contribution in [2.24, 2.45) is 4.99 Å². The van der Waals surface area contributed by atoms with Crippen molar-refractivity contribution in [2.75, 3.05) is 47.5 Å². The second kappa shape index (κ2) is 12.3. The minimum Gasteiger partial charge on any atom is -0.497 e. The molecule has 0 spiro atoms. The van der Waals surface area contributed by atoms with Gasteiger partial charge in [0, 0.05) is 46.4 Å². The molecule has 1 aromatic rings. The Kier molecular flexibility index (Phi) is 10.8. The quantitative estimate of drug-likeness (QED) is 0.317. The van der Waals surface area contributed by atoms with Gasteiger partial charge in [-0.1, -0.05) is 12.1 Å². The second-order valence-electron chi connectivity index (χ2n) is 5.96. The first-order valence-electron chi connectivity index (χ1n) is 8.57. The van der Waals surface area contributed by atoms with Crippen LogP contribution in [-0.4, -0.2) is 64.4 Å². The fourth-order valence-corrected chi connectivity index (χ4v) is 2.63. The monoisotopic (exact) mass is 462 g/mol. The Balaban J connectivity index is 0.00000312. The highest BCUT2D eigenvalue weighted by Gasteiger charge is 2.28. The van der Waals surface area contributed by atoms with Gasteiger partial charge in [0.15, 0.2) is 5.96 Å². The normalized spacial score (nSPS) is 14.2. The Morgan fingerprint density at radius 3 is 2.68 bits per heavy atom. The summed E-state index contributed by atoms with van der Waals surface area (Å²) in [6, 6.07) is 8.79. The number of hydrogen-bond acceptors (Lipinski definition) is 4. The first-order chi connectivity index (χ1) is 11.8. The maximum Gasteiger partial charge on any atom is 0.191 e. The van der Waals surface area contributed by atoms with Crippen LogP contribution >= 0.6 is 24.0 Å². The summed E-state index contributed by atoms with van der Waals surface area (Å²) in [5.41, 5.74) is 1.16. The van der Waals surface area contributed by atoms with E-state index in [9.17, 15) is 0 Å². The number of hydrogen-bond donors (Lipinski definition) is 2. The van der Waals surface area contributed by atoms with E-state index >= 15 is 0 Å². The predicted octanol–water partition coefficient (Wildman–Crippen LogP) is 2.09. The Morgan fingerprint density at radius 2 is 2.04 bits per heavy atom. The number of guanidine groups is 1. The smallest absolute Gasteiger partial charge is 0.191 e. The van der Waals surface area contributed by atoms with E-state index in [0.717, 1.165) is 49.6 Å². The van der Waals surface area contributed by atoms with Crippen molar-refractivity contribution in [3.05, 3.63) is 29.8 Å². The molecular formula is C18H31IN4O2. The number of ether oxygens (including phenoxy) is 2. The van der Waals surface area contributed by atoms with E-state index in [4.69, 9.17) is 9.47 Å². The molecule has 1 aliphatic carbocycles. The summed E-state index contributed by atoms with van der Waals surface area (Å²) in [5, 5.41) is 6.72. The number of nitrogens with one attached hydrogen (secondary N) is 2. The summed E-state index contributed by atoms with van der Waals surface area (Å²) in [5.74, 6) is 1.69. The third-order valence-electron chi connectivity index (χ3n) is 4.16. The number of aliphatic imine (C=N–C) groups is 1. The summed E-state index contributed by atoms with van der Waals surface area (Å²) in [6.45, 7) is 4.39. The topological polar surface area (TPSA) is 58.1 Å². The maximum atomic E-state index is 5.25. The van der Waals surface area contributed by atoms with Crippen LogP contribution in [0.25, 0.3) is 0 Å². The van der Waals surface area contributed by atoms with Gasteiger partial charge in [-0.2, -0.15) is 0 Å². The lowest BCUT2D eigenvalue weighted by molar-refractivity contribution is 0.144. The second-order valence-corrected chi connectivity index (χ2v) is 5.96. The van der Waals surface area contributed by atoms with E-state index in [1.807, 2.05) is 18.2 Å². The van der Waals surface area contributed by atoms with Gasteiger partial charge in [-0.05, 0) is 30.5 Å². The number of benzene rings is 1. The molecule has 2 rings (SSSR count). The number of nitrogens with zero attached hydrogens (tertiary/aromatic N) is 2. The van der Waals surface area contributed by atoms with E-state index in [2.05, 4.69) is 26.6 Å². The van der Waals surface area contributed by atoms with Crippen LogP contribution in [0.5, 0.6) is 5.75 Å². The summed E-state index contributed by atoms with van der Waals surface area (Å²) >= 11 is 0. The van der Waals surface area contributed by atoms with Gasteiger partial charge in [0.2, 0.25) is 0 Å². The zero-order valence-corrected chi connectivity index (χ0v) is 17.8. The molecular weight excluding hydrogens is 431 g/mol. The largest absolute Gasteiger partial charge is 0.497 e. The molecule has 0 bridgehead atoms. The van der Waals surface area contributed by atoms with Crippen LogP contribution in [-0.2, 0) is 11.3 Å². The molecule has 0 amide bonds. The lowest BCUT2D eigenvalue weighted by Gasteiger charge is -2.22. The molecule has 0 radical (unpaired) electrons. The van der Waals surface area contributed by atoms with Crippen molar-refractivity contribution < 1.29 is 9.47 Å². The molecule has 0 aliphatic heterocycles. The van der Waals surface area contributed by atoms with Crippen LogP contribution in [0.1, 0.15) is 18.4 Å². The minimum atomic E-state index is 0. The lowest BCUT2D eigenvalue weighted by Crippen LogP contribution is -2.42. The Hall–Kier alpha value is -1.06. The van der Waals surface area contributed by atoms with E-state index in [1.165, 1.54) is 12.8 Å². The molecule has 0 aromatic heterocycles. The summed E-state index contributed by atoms with van der Waals surface area (Å²) in [6.07, 6.45) is 2.62.